The summed E-state index contributed by atoms with van der Waals surface area (Å²) in [5.41, 5.74) is 0. The summed E-state index contributed by atoms with van der Waals surface area (Å²) in [7, 11) is 3.91. The Labute approximate surface area is 145 Å². The number of rotatable bonds is 5. The van der Waals surface area contributed by atoms with Gasteiger partial charge in [0.2, 0.25) is 0 Å². The monoisotopic (exact) mass is 421 g/mol. The van der Waals surface area contributed by atoms with Crippen LogP contribution in [0.3, 0.4) is 0 Å². The van der Waals surface area contributed by atoms with Crippen LogP contribution in [0.15, 0.2) is 40.0 Å². The number of hydrogen-bond acceptors (Lipinski definition) is 3. The molecule has 0 radical (unpaired) electrons. The lowest BCUT2D eigenvalue weighted by Gasteiger charge is -2.21. The average molecular weight is 421 g/mol. The molecule has 2 rings (SSSR count). The zero-order chi connectivity index (χ0) is 13.5. The van der Waals surface area contributed by atoms with Crippen molar-refractivity contribution in [2.45, 2.75) is 13.0 Å². The molecule has 0 unspecified atom stereocenters. The minimum absolute atomic E-state index is 0. The molecule has 0 fully saturated rings. The minimum Gasteiger partial charge on any atom is -0.351 e. The van der Waals surface area contributed by atoms with E-state index in [-0.39, 0.29) is 24.0 Å². The molecule has 3 nitrogen and oxygen atoms in total. The number of thiophene rings is 2. The lowest BCUT2D eigenvalue weighted by Crippen LogP contribution is -2.39. The van der Waals surface area contributed by atoms with Gasteiger partial charge in [-0.2, -0.15) is 0 Å². The van der Waals surface area contributed by atoms with E-state index in [2.05, 4.69) is 57.3 Å². The summed E-state index contributed by atoms with van der Waals surface area (Å²) in [5.74, 6) is 0.949. The lowest BCUT2D eigenvalue weighted by atomic mass is 10.3. The third-order valence-corrected chi connectivity index (χ3v) is 4.66. The molecule has 0 aliphatic heterocycles. The Hall–Kier alpha value is -0.600. The van der Waals surface area contributed by atoms with Crippen LogP contribution in [-0.4, -0.2) is 31.5 Å². The summed E-state index contributed by atoms with van der Waals surface area (Å²) >= 11 is 3.57. The third-order valence-electron chi connectivity index (χ3n) is 2.85. The number of hydrogen-bond donors (Lipinski definition) is 1. The molecule has 6 heteroatoms. The maximum absolute atomic E-state index is 4.33. The molecule has 0 atom stereocenters. The van der Waals surface area contributed by atoms with E-state index in [0.717, 1.165) is 25.5 Å². The number of nitrogens with zero attached hydrogens (tertiary/aromatic N) is 2. The summed E-state index contributed by atoms with van der Waals surface area (Å²) in [6.45, 7) is 1.82. The topological polar surface area (TPSA) is 27.6 Å². The first kappa shape index (κ1) is 17.5. The first-order chi connectivity index (χ1) is 9.29. The highest BCUT2D eigenvalue weighted by Gasteiger charge is 2.06. The molecule has 2 aromatic rings. The first-order valence-corrected chi connectivity index (χ1v) is 8.02. The zero-order valence-electron chi connectivity index (χ0n) is 11.7. The van der Waals surface area contributed by atoms with Crippen LogP contribution in [0.4, 0.5) is 0 Å². The van der Waals surface area contributed by atoms with Gasteiger partial charge >= 0.3 is 0 Å². The van der Waals surface area contributed by atoms with Gasteiger partial charge in [-0.1, -0.05) is 12.1 Å². The maximum atomic E-state index is 4.33. The fraction of sp³-hybridized carbons (Fsp3) is 0.357. The number of halogens is 1. The number of likely N-dealkylation sites (N-methyl/N-ethyl adjacent to an activating group) is 1. The van der Waals surface area contributed by atoms with E-state index in [9.17, 15) is 0 Å². The van der Waals surface area contributed by atoms with Crippen molar-refractivity contribution in [1.29, 1.82) is 0 Å². The van der Waals surface area contributed by atoms with Gasteiger partial charge in [0.15, 0.2) is 5.96 Å². The van der Waals surface area contributed by atoms with Gasteiger partial charge < -0.3 is 10.2 Å². The quantitative estimate of drug-likeness (QED) is 0.453. The highest BCUT2D eigenvalue weighted by molar-refractivity contribution is 14.0. The third kappa shape index (κ3) is 5.41. The Bertz CT molecular complexity index is 494. The first-order valence-electron chi connectivity index (χ1n) is 6.26. The van der Waals surface area contributed by atoms with E-state index in [1.807, 2.05) is 18.4 Å². The van der Waals surface area contributed by atoms with Gasteiger partial charge in [0.05, 0.1) is 6.54 Å². The van der Waals surface area contributed by atoms with Crippen molar-refractivity contribution in [1.82, 2.24) is 10.2 Å². The smallest absolute Gasteiger partial charge is 0.193 e. The summed E-state index contributed by atoms with van der Waals surface area (Å²) in [6, 6.07) is 8.49. The Morgan fingerprint density at radius 1 is 1.20 bits per heavy atom. The SMILES string of the molecule is CN=C(NCc1cccs1)N(C)CCc1cccs1.I. The van der Waals surface area contributed by atoms with Gasteiger partial charge in [-0.25, -0.2) is 0 Å². The van der Waals surface area contributed by atoms with Crippen LogP contribution in [0.25, 0.3) is 0 Å². The van der Waals surface area contributed by atoms with Crippen molar-refractivity contribution in [2.75, 3.05) is 20.6 Å². The summed E-state index contributed by atoms with van der Waals surface area (Å²) in [4.78, 5) is 9.24. The van der Waals surface area contributed by atoms with Crippen LogP contribution < -0.4 is 5.32 Å². The molecule has 1 N–H and O–H groups in total. The average Bonchev–Trinajstić information content (AvgIpc) is 3.10. The molecule has 2 aromatic heterocycles. The second kappa shape index (κ2) is 9.36. The molecule has 0 saturated heterocycles. The predicted molar refractivity (Wildman–Crippen MR) is 101 cm³/mol. The van der Waals surface area contributed by atoms with Gasteiger partial charge in [-0.15, -0.1) is 46.7 Å². The molecular weight excluding hydrogens is 401 g/mol. The molecule has 0 spiro atoms. The zero-order valence-corrected chi connectivity index (χ0v) is 15.7. The van der Waals surface area contributed by atoms with Crippen LogP contribution >= 0.6 is 46.7 Å². The number of guanidine groups is 1. The molecule has 0 saturated carbocycles. The van der Waals surface area contributed by atoms with Gasteiger partial charge in [0.25, 0.3) is 0 Å². The highest BCUT2D eigenvalue weighted by Crippen LogP contribution is 2.10. The van der Waals surface area contributed by atoms with E-state index in [0.29, 0.717) is 0 Å². The Morgan fingerprint density at radius 3 is 2.40 bits per heavy atom. The summed E-state index contributed by atoms with van der Waals surface area (Å²) in [5, 5.41) is 7.61. The Kier molecular flexibility index (Phi) is 8.16. The fourth-order valence-electron chi connectivity index (χ4n) is 1.80. The predicted octanol–water partition coefficient (Wildman–Crippen LogP) is 3.68. The number of aliphatic imine (C=N–C) groups is 1. The van der Waals surface area contributed by atoms with E-state index >= 15 is 0 Å². The van der Waals surface area contributed by atoms with Crippen LogP contribution in [0.5, 0.6) is 0 Å². The van der Waals surface area contributed by atoms with Crippen LogP contribution in [0.1, 0.15) is 9.75 Å². The standard InChI is InChI=1S/C14H19N3S2.HI/c1-15-14(16-11-13-6-4-10-19-13)17(2)8-7-12-5-3-9-18-12;/h3-6,9-10H,7-8,11H2,1-2H3,(H,15,16);1H. The fourth-order valence-corrected chi connectivity index (χ4v) is 3.15. The second-order valence-corrected chi connectivity index (χ2v) is 6.30. The van der Waals surface area contributed by atoms with Gasteiger partial charge in [-0.05, 0) is 29.3 Å². The summed E-state index contributed by atoms with van der Waals surface area (Å²) < 4.78 is 0. The molecule has 0 aliphatic rings. The number of nitrogens with one attached hydrogen (secondary N) is 1. The molecule has 0 aromatic carbocycles. The molecule has 0 bridgehead atoms. The molecule has 20 heavy (non-hydrogen) atoms. The second-order valence-electron chi connectivity index (χ2n) is 4.23. The van der Waals surface area contributed by atoms with E-state index in [1.54, 1.807) is 11.3 Å². The van der Waals surface area contributed by atoms with Gasteiger partial charge in [0.1, 0.15) is 0 Å². The lowest BCUT2D eigenvalue weighted by molar-refractivity contribution is 0.487. The minimum atomic E-state index is 0. The van der Waals surface area contributed by atoms with Crippen LogP contribution in [-0.2, 0) is 13.0 Å². The molecule has 0 amide bonds. The Balaban J connectivity index is 0.00000200. The van der Waals surface area contributed by atoms with Crippen molar-refractivity contribution in [3.05, 3.63) is 44.8 Å². The van der Waals surface area contributed by atoms with E-state index in [4.69, 9.17) is 0 Å². The summed E-state index contributed by atoms with van der Waals surface area (Å²) in [6.07, 6.45) is 1.06. The molecule has 2 heterocycles. The van der Waals surface area contributed by atoms with E-state index < -0.39 is 0 Å². The van der Waals surface area contributed by atoms with Gasteiger partial charge in [0, 0.05) is 30.4 Å². The van der Waals surface area contributed by atoms with Crippen LogP contribution in [0.2, 0.25) is 0 Å². The molecule has 110 valence electrons. The van der Waals surface area contributed by atoms with Gasteiger partial charge in [-0.3, -0.25) is 4.99 Å². The van der Waals surface area contributed by atoms with E-state index in [1.165, 1.54) is 9.75 Å². The van der Waals surface area contributed by atoms with Crippen LogP contribution in [0, 0.1) is 0 Å². The maximum Gasteiger partial charge on any atom is 0.193 e. The largest absolute Gasteiger partial charge is 0.351 e. The Morgan fingerprint density at radius 2 is 1.85 bits per heavy atom. The van der Waals surface area contributed by atoms with Crippen molar-refractivity contribution >= 4 is 52.6 Å². The molecule has 0 aliphatic carbocycles. The normalized spacial score (nSPS) is 11.0. The van der Waals surface area contributed by atoms with Crippen molar-refractivity contribution in [2.24, 2.45) is 4.99 Å². The molecular formula is C14H20IN3S2. The highest BCUT2D eigenvalue weighted by atomic mass is 127. The van der Waals surface area contributed by atoms with Crippen molar-refractivity contribution < 1.29 is 0 Å². The van der Waals surface area contributed by atoms with Crippen molar-refractivity contribution in [3.8, 4) is 0 Å². The van der Waals surface area contributed by atoms with Crippen molar-refractivity contribution in [3.63, 3.8) is 0 Å².